The molecule has 0 radical (unpaired) electrons. The number of carbonyl (C=O) groups excluding carboxylic acids is 2. The number of nitrogens with two attached hydrogens (primary N) is 1. The molecule has 7 heteroatoms. The van der Waals surface area contributed by atoms with E-state index in [1.807, 2.05) is 0 Å². The topological polar surface area (TPSA) is 106 Å². The molecule has 66 valence electrons. The van der Waals surface area contributed by atoms with Crippen molar-refractivity contribution in [3.63, 3.8) is 0 Å². The fourth-order valence-electron chi connectivity index (χ4n) is 0.391. The average molecular weight is 206 g/mol. The van der Waals surface area contributed by atoms with Crippen LogP contribution in [0.5, 0.6) is 0 Å². The third kappa shape index (κ3) is 9.96. The van der Waals surface area contributed by atoms with Crippen LogP contribution in [0, 0.1) is 0 Å². The summed E-state index contributed by atoms with van der Waals surface area (Å²) < 4.78 is 0. The molecule has 2 N–H and O–H groups in total. The summed E-state index contributed by atoms with van der Waals surface area (Å²) in [7, 11) is 0. The first kappa shape index (κ1) is 17.9. The van der Waals surface area contributed by atoms with Crippen molar-refractivity contribution in [2.24, 2.45) is 5.73 Å². The predicted octanol–water partition coefficient (Wildman–Crippen LogP) is -3.37. The smallest absolute Gasteiger partial charge is 0.550 e. The van der Waals surface area contributed by atoms with Crippen molar-refractivity contribution >= 4 is 47.4 Å². The van der Waals surface area contributed by atoms with E-state index in [1.165, 1.54) is 0 Å². The van der Waals surface area contributed by atoms with E-state index in [0.29, 0.717) is 0 Å². The summed E-state index contributed by atoms with van der Waals surface area (Å²) in [6.07, 6.45) is -0.500. The van der Waals surface area contributed by atoms with Crippen LogP contribution in [0.1, 0.15) is 12.8 Å². The third-order valence-corrected chi connectivity index (χ3v) is 0.962. The van der Waals surface area contributed by atoms with Gasteiger partial charge in [0, 0.05) is 12.0 Å². The maximum Gasteiger partial charge on any atom is 2.00 e. The van der Waals surface area contributed by atoms with E-state index in [1.54, 1.807) is 0 Å². The largest absolute Gasteiger partial charge is 2.00 e. The molecule has 0 saturated heterocycles. The van der Waals surface area contributed by atoms with Crippen LogP contribution in [0.15, 0.2) is 0 Å². The van der Waals surface area contributed by atoms with Gasteiger partial charge < -0.3 is 25.5 Å². The zero-order valence-electron chi connectivity index (χ0n) is 6.32. The fourth-order valence-corrected chi connectivity index (χ4v) is 0.391. The van der Waals surface area contributed by atoms with Gasteiger partial charge in [-0.15, -0.1) is 12.4 Å². The molecule has 0 aromatic heterocycles. The molecule has 0 aliphatic rings. The van der Waals surface area contributed by atoms with Crippen molar-refractivity contribution in [3.05, 3.63) is 0 Å². The maximum absolute atomic E-state index is 9.86. The van der Waals surface area contributed by atoms with E-state index >= 15 is 0 Å². The number of aliphatic carboxylic acids is 2. The van der Waals surface area contributed by atoms with Gasteiger partial charge in [-0.3, -0.25) is 0 Å². The van der Waals surface area contributed by atoms with Gasteiger partial charge >= 0.3 is 23.1 Å². The Kier molecular flexibility index (Phi) is 13.5. The molecule has 0 fully saturated rings. The van der Waals surface area contributed by atoms with E-state index in [2.05, 4.69) is 0 Å². The molecular formula is C5H8ClMgNO4. The summed E-state index contributed by atoms with van der Waals surface area (Å²) in [6.45, 7) is 0. The Balaban J connectivity index is -0.000000405. The monoisotopic (exact) mass is 205 g/mol. The van der Waals surface area contributed by atoms with Crippen LogP contribution >= 0.6 is 12.4 Å². The van der Waals surface area contributed by atoms with Crippen molar-refractivity contribution < 1.29 is 19.8 Å². The summed E-state index contributed by atoms with van der Waals surface area (Å²) in [5, 5.41) is 19.6. The summed E-state index contributed by atoms with van der Waals surface area (Å²) in [6, 6.07) is -1.21. The van der Waals surface area contributed by atoms with Crippen LogP contribution in [0.3, 0.4) is 0 Å². The van der Waals surface area contributed by atoms with Crippen molar-refractivity contribution in [2.75, 3.05) is 0 Å². The molecule has 0 aliphatic heterocycles. The number of hydrogen-bond donors (Lipinski definition) is 1. The fraction of sp³-hybridized carbons (Fsp3) is 0.600. The van der Waals surface area contributed by atoms with Crippen molar-refractivity contribution in [3.8, 4) is 0 Å². The minimum absolute atomic E-state index is 0. The van der Waals surface area contributed by atoms with Gasteiger partial charge in [-0.1, -0.05) is 0 Å². The van der Waals surface area contributed by atoms with Crippen LogP contribution in [-0.2, 0) is 9.59 Å². The second kappa shape index (κ2) is 9.05. The molecule has 0 spiro atoms. The van der Waals surface area contributed by atoms with Gasteiger partial charge in [0.2, 0.25) is 0 Å². The van der Waals surface area contributed by atoms with E-state index in [9.17, 15) is 19.8 Å². The van der Waals surface area contributed by atoms with Crippen molar-refractivity contribution in [1.82, 2.24) is 0 Å². The Morgan fingerprint density at radius 2 is 1.75 bits per heavy atom. The minimum atomic E-state index is -1.44. The summed E-state index contributed by atoms with van der Waals surface area (Å²) >= 11 is 0. The zero-order valence-corrected chi connectivity index (χ0v) is 8.55. The Morgan fingerprint density at radius 3 is 2.00 bits per heavy atom. The van der Waals surface area contributed by atoms with Crippen LogP contribution < -0.4 is 15.9 Å². The van der Waals surface area contributed by atoms with Gasteiger partial charge in [0.1, 0.15) is 0 Å². The van der Waals surface area contributed by atoms with Crippen LogP contribution in [0.2, 0.25) is 0 Å². The molecule has 0 heterocycles. The molecule has 12 heavy (non-hydrogen) atoms. The van der Waals surface area contributed by atoms with Crippen LogP contribution in [0.4, 0.5) is 0 Å². The standard InChI is InChI=1S/C5H9NO4.ClH.Mg/c6-3(5(9)10)1-2-4(7)8;;/h3H,1-2,6H2,(H,7,8)(H,9,10);1H;/q;;+2/p-2. The molecule has 1 unspecified atom stereocenters. The number of carboxylic acids is 2. The maximum atomic E-state index is 9.86. The van der Waals surface area contributed by atoms with Crippen LogP contribution in [0.25, 0.3) is 0 Å². The molecule has 0 aromatic rings. The number of carboxylic acid groups (broad SMARTS) is 2. The second-order valence-corrected chi connectivity index (χ2v) is 1.84. The van der Waals surface area contributed by atoms with E-state index < -0.39 is 18.0 Å². The van der Waals surface area contributed by atoms with E-state index in [4.69, 9.17) is 5.73 Å². The molecular weight excluding hydrogens is 198 g/mol. The third-order valence-electron chi connectivity index (χ3n) is 0.962. The Morgan fingerprint density at radius 1 is 1.33 bits per heavy atom. The van der Waals surface area contributed by atoms with Crippen molar-refractivity contribution in [1.29, 1.82) is 0 Å². The van der Waals surface area contributed by atoms with E-state index in [0.717, 1.165) is 0 Å². The molecule has 0 bridgehead atoms. The average Bonchev–Trinajstić information content (AvgIpc) is 1.82. The molecule has 0 aliphatic carbocycles. The minimum Gasteiger partial charge on any atom is -0.550 e. The van der Waals surface area contributed by atoms with Gasteiger partial charge in [-0.05, 0) is 12.8 Å². The first-order valence-corrected chi connectivity index (χ1v) is 2.70. The summed E-state index contributed by atoms with van der Waals surface area (Å²) in [5.74, 6) is -2.75. The zero-order chi connectivity index (χ0) is 8.15. The van der Waals surface area contributed by atoms with Crippen molar-refractivity contribution in [2.45, 2.75) is 18.9 Å². The Hall–Kier alpha value is -0.0438. The number of carbonyl (C=O) groups is 2. The second-order valence-electron chi connectivity index (χ2n) is 1.84. The summed E-state index contributed by atoms with van der Waals surface area (Å²) in [4.78, 5) is 19.6. The first-order chi connectivity index (χ1) is 4.54. The predicted molar refractivity (Wildman–Crippen MR) is 40.2 cm³/mol. The number of halogens is 1. The molecule has 0 rings (SSSR count). The quantitative estimate of drug-likeness (QED) is 0.483. The first-order valence-electron chi connectivity index (χ1n) is 2.70. The van der Waals surface area contributed by atoms with Gasteiger partial charge in [-0.25, -0.2) is 0 Å². The SMILES string of the molecule is Cl.NC(CCC(=O)[O-])C(=O)[O-].[Mg+2]. The van der Waals surface area contributed by atoms with Gasteiger partial charge in [0.25, 0.3) is 0 Å². The molecule has 5 nitrogen and oxygen atoms in total. The van der Waals surface area contributed by atoms with Gasteiger partial charge in [0.15, 0.2) is 0 Å². The summed E-state index contributed by atoms with van der Waals surface area (Å²) in [5.41, 5.74) is 4.91. The normalized spacial score (nSPS) is 10.4. The van der Waals surface area contributed by atoms with Crippen LogP contribution in [-0.4, -0.2) is 41.0 Å². The Bertz CT molecular complexity index is 154. The van der Waals surface area contributed by atoms with Gasteiger partial charge in [-0.2, -0.15) is 0 Å². The molecule has 0 saturated carbocycles. The number of rotatable bonds is 4. The molecule has 0 aromatic carbocycles. The molecule has 1 atom stereocenters. The van der Waals surface area contributed by atoms with E-state index in [-0.39, 0.29) is 48.3 Å². The molecule has 0 amide bonds. The number of hydrogen-bond acceptors (Lipinski definition) is 5. The van der Waals surface area contributed by atoms with Gasteiger partial charge in [0.05, 0.1) is 5.97 Å². The Labute approximate surface area is 91.9 Å².